The Kier molecular flexibility index (Phi) is 5.62. The summed E-state index contributed by atoms with van der Waals surface area (Å²) in [7, 11) is 3.73. The van der Waals surface area contributed by atoms with Crippen molar-refractivity contribution in [3.8, 4) is 0 Å². The molecule has 126 valence electrons. The van der Waals surface area contributed by atoms with E-state index in [2.05, 4.69) is 57.1 Å². The highest BCUT2D eigenvalue weighted by Gasteiger charge is 2.52. The Balaban J connectivity index is 1.83. The zero-order valence-electron chi connectivity index (χ0n) is 13.3. The van der Waals surface area contributed by atoms with Crippen molar-refractivity contribution >= 4 is 51.2 Å². The lowest BCUT2D eigenvalue weighted by molar-refractivity contribution is -0.154. The third-order valence-corrected chi connectivity index (χ3v) is 8.96. The average Bonchev–Trinajstić information content (AvgIpc) is 2.74. The zero-order chi connectivity index (χ0) is 16.0. The summed E-state index contributed by atoms with van der Waals surface area (Å²) in [6.45, 7) is 0. The molecule has 3 aliphatic rings. The van der Waals surface area contributed by atoms with Gasteiger partial charge in [0.25, 0.3) is 0 Å². The summed E-state index contributed by atoms with van der Waals surface area (Å²) in [4.78, 5) is 14.9. The SMILES string of the molecule is COC(=O)C1C2CC[C@H](C[C@@H]1C1CC(I)C(N)C(I)C1)N2C. The molecular weight excluding hydrogens is 506 g/mol. The normalized spacial score (nSPS) is 49.1. The standard InChI is InChI=1S/C16H26I2N2O2/c1-20-9-3-4-13(20)14(16(21)22-2)10(7-9)8-5-11(17)15(19)12(18)6-8/h8-15H,3-7,19H2,1-2H3/t8?,9-,10-,11?,12?,13?,14?,15?/m1/s1. The van der Waals surface area contributed by atoms with Crippen molar-refractivity contribution in [3.05, 3.63) is 0 Å². The van der Waals surface area contributed by atoms with Gasteiger partial charge >= 0.3 is 5.97 Å². The Labute approximate surface area is 160 Å². The third kappa shape index (κ3) is 3.06. The van der Waals surface area contributed by atoms with E-state index in [0.29, 0.717) is 31.8 Å². The molecule has 1 aliphatic carbocycles. The third-order valence-electron chi connectivity index (χ3n) is 6.28. The molecule has 2 saturated heterocycles. The van der Waals surface area contributed by atoms with Gasteiger partial charge in [-0.05, 0) is 51.0 Å². The number of fused-ring (bicyclic) bond motifs is 2. The number of nitrogens with zero attached hydrogens (tertiary/aromatic N) is 1. The quantitative estimate of drug-likeness (QED) is 0.338. The summed E-state index contributed by atoms with van der Waals surface area (Å²) in [6, 6.07) is 1.33. The van der Waals surface area contributed by atoms with Gasteiger partial charge in [-0.1, -0.05) is 45.2 Å². The van der Waals surface area contributed by atoms with Crippen LogP contribution in [0.5, 0.6) is 0 Å². The first-order valence-electron chi connectivity index (χ1n) is 8.27. The van der Waals surface area contributed by atoms with Crippen LogP contribution in [0.1, 0.15) is 32.1 Å². The lowest BCUT2D eigenvalue weighted by Crippen LogP contribution is -2.54. The number of rotatable bonds is 2. The van der Waals surface area contributed by atoms with Crippen molar-refractivity contribution in [1.29, 1.82) is 0 Å². The lowest BCUT2D eigenvalue weighted by atomic mass is 9.68. The fourth-order valence-corrected chi connectivity index (χ4v) is 8.13. The van der Waals surface area contributed by atoms with Gasteiger partial charge in [0.15, 0.2) is 0 Å². The van der Waals surface area contributed by atoms with Gasteiger partial charge in [0.05, 0.1) is 13.0 Å². The first-order chi connectivity index (χ1) is 10.4. The Morgan fingerprint density at radius 2 is 1.82 bits per heavy atom. The fraction of sp³-hybridized carbons (Fsp3) is 0.938. The number of ether oxygens (including phenoxy) is 1. The number of nitrogens with two attached hydrogens (primary N) is 1. The maximum Gasteiger partial charge on any atom is 0.310 e. The number of methoxy groups -OCH3 is 1. The van der Waals surface area contributed by atoms with Crippen molar-refractivity contribution in [2.75, 3.05) is 14.2 Å². The summed E-state index contributed by atoms with van der Waals surface area (Å²) >= 11 is 5.03. The van der Waals surface area contributed by atoms with Gasteiger partial charge in [-0.3, -0.25) is 9.69 Å². The molecule has 3 rings (SSSR count). The maximum atomic E-state index is 12.5. The Morgan fingerprint density at radius 1 is 1.18 bits per heavy atom. The van der Waals surface area contributed by atoms with E-state index in [0.717, 1.165) is 25.7 Å². The minimum absolute atomic E-state index is 0.00656. The Bertz CT molecular complexity index is 424. The van der Waals surface area contributed by atoms with Crippen LogP contribution in [0.4, 0.5) is 0 Å². The molecule has 0 aromatic carbocycles. The predicted octanol–water partition coefficient (Wildman–Crippen LogP) is 2.60. The van der Waals surface area contributed by atoms with Crippen LogP contribution in [-0.2, 0) is 9.53 Å². The van der Waals surface area contributed by atoms with Crippen LogP contribution in [0.3, 0.4) is 0 Å². The zero-order valence-corrected chi connectivity index (χ0v) is 17.6. The number of esters is 1. The van der Waals surface area contributed by atoms with Crippen LogP contribution >= 0.6 is 45.2 Å². The minimum Gasteiger partial charge on any atom is -0.469 e. The molecule has 0 aromatic heterocycles. The Morgan fingerprint density at radius 3 is 2.41 bits per heavy atom. The first kappa shape index (κ1) is 17.7. The first-order valence-corrected chi connectivity index (χ1v) is 10.8. The van der Waals surface area contributed by atoms with Crippen LogP contribution in [0.15, 0.2) is 0 Å². The molecule has 2 N–H and O–H groups in total. The van der Waals surface area contributed by atoms with E-state index in [-0.39, 0.29) is 17.9 Å². The fourth-order valence-electron chi connectivity index (χ4n) is 5.02. The van der Waals surface area contributed by atoms with E-state index in [1.54, 1.807) is 7.11 Å². The largest absolute Gasteiger partial charge is 0.469 e. The number of carbonyl (C=O) groups is 1. The van der Waals surface area contributed by atoms with Crippen molar-refractivity contribution in [2.45, 2.75) is 58.1 Å². The van der Waals surface area contributed by atoms with E-state index in [1.807, 2.05) is 0 Å². The molecule has 0 radical (unpaired) electrons. The molecule has 22 heavy (non-hydrogen) atoms. The molecule has 0 amide bonds. The number of hydrogen-bond acceptors (Lipinski definition) is 4. The number of carbonyl (C=O) groups excluding carboxylic acids is 1. The molecule has 2 heterocycles. The number of hydrogen-bond donors (Lipinski definition) is 1. The molecule has 4 nitrogen and oxygen atoms in total. The Hall–Kier alpha value is 0.850. The van der Waals surface area contributed by atoms with Crippen LogP contribution in [0.2, 0.25) is 0 Å². The highest BCUT2D eigenvalue weighted by atomic mass is 127. The molecule has 6 heteroatoms. The van der Waals surface area contributed by atoms with Gasteiger partial charge in [0.2, 0.25) is 0 Å². The molecule has 1 saturated carbocycles. The van der Waals surface area contributed by atoms with Gasteiger partial charge in [-0.2, -0.15) is 0 Å². The van der Waals surface area contributed by atoms with Crippen molar-refractivity contribution in [3.63, 3.8) is 0 Å². The van der Waals surface area contributed by atoms with Gasteiger partial charge in [0, 0.05) is 26.0 Å². The van der Waals surface area contributed by atoms with Gasteiger partial charge in [-0.15, -0.1) is 0 Å². The second-order valence-corrected chi connectivity index (χ2v) is 10.5. The summed E-state index contributed by atoms with van der Waals surface area (Å²) in [5, 5.41) is 0. The number of piperidine rings is 1. The number of halogens is 2. The van der Waals surface area contributed by atoms with Crippen molar-refractivity contribution < 1.29 is 9.53 Å². The molecular formula is C16H26I2N2O2. The van der Waals surface area contributed by atoms with Gasteiger partial charge in [0.1, 0.15) is 0 Å². The highest BCUT2D eigenvalue weighted by Crippen LogP contribution is 2.49. The second kappa shape index (κ2) is 7.00. The van der Waals surface area contributed by atoms with Crippen molar-refractivity contribution in [1.82, 2.24) is 4.90 Å². The molecule has 3 fully saturated rings. The lowest BCUT2D eigenvalue weighted by Gasteiger charge is -2.47. The molecule has 6 atom stereocenters. The van der Waals surface area contributed by atoms with E-state index < -0.39 is 0 Å². The van der Waals surface area contributed by atoms with E-state index in [1.165, 1.54) is 6.42 Å². The van der Waals surface area contributed by atoms with Crippen LogP contribution < -0.4 is 5.73 Å². The van der Waals surface area contributed by atoms with E-state index in [4.69, 9.17) is 10.5 Å². The smallest absolute Gasteiger partial charge is 0.310 e. The highest BCUT2D eigenvalue weighted by molar-refractivity contribution is 14.1. The molecule has 0 spiro atoms. The van der Waals surface area contributed by atoms with Crippen LogP contribution in [-0.4, -0.2) is 51.0 Å². The molecule has 2 aliphatic heterocycles. The minimum atomic E-state index is 0.00656. The second-order valence-electron chi connectivity index (χ2n) is 7.25. The van der Waals surface area contributed by atoms with E-state index in [9.17, 15) is 4.79 Å². The van der Waals surface area contributed by atoms with Crippen molar-refractivity contribution in [2.24, 2.45) is 23.5 Å². The predicted molar refractivity (Wildman–Crippen MR) is 105 cm³/mol. The molecule has 0 aromatic rings. The summed E-state index contributed by atoms with van der Waals surface area (Å²) in [6.07, 6.45) is 5.84. The topological polar surface area (TPSA) is 55.6 Å². The summed E-state index contributed by atoms with van der Waals surface area (Å²) in [5.74, 6) is 1.15. The summed E-state index contributed by atoms with van der Waals surface area (Å²) < 4.78 is 6.23. The summed E-state index contributed by atoms with van der Waals surface area (Å²) in [5.41, 5.74) is 6.31. The number of alkyl halides is 2. The maximum absolute atomic E-state index is 12.5. The molecule has 2 bridgehead atoms. The monoisotopic (exact) mass is 532 g/mol. The van der Waals surface area contributed by atoms with Gasteiger partial charge in [-0.25, -0.2) is 0 Å². The molecule has 4 unspecified atom stereocenters. The van der Waals surface area contributed by atoms with Crippen LogP contribution in [0.25, 0.3) is 0 Å². The van der Waals surface area contributed by atoms with Gasteiger partial charge < -0.3 is 10.5 Å². The van der Waals surface area contributed by atoms with Crippen LogP contribution in [0, 0.1) is 17.8 Å². The van der Waals surface area contributed by atoms with E-state index >= 15 is 0 Å². The average molecular weight is 532 g/mol.